The summed E-state index contributed by atoms with van der Waals surface area (Å²) in [6, 6.07) is 17.1. The van der Waals surface area contributed by atoms with Crippen molar-refractivity contribution in [1.82, 2.24) is 4.98 Å². The SMILES string of the molecule is O=C1Cc2cc(Br)ccc2N1.O=C1Nc2ccc(Br)cc2/C1=C/c1ccccn1. The molecule has 2 N–H and O–H groups in total. The predicted octanol–water partition coefficient (Wildman–Crippen LogP) is 5.28. The van der Waals surface area contributed by atoms with Crippen LogP contribution in [0.2, 0.25) is 0 Å². The molecule has 0 saturated carbocycles. The van der Waals surface area contributed by atoms with Gasteiger partial charge in [0.2, 0.25) is 5.91 Å². The first-order chi connectivity index (χ1) is 14.0. The first kappa shape index (κ1) is 19.5. The van der Waals surface area contributed by atoms with Gasteiger partial charge in [0.15, 0.2) is 0 Å². The van der Waals surface area contributed by atoms with Gasteiger partial charge in [0.05, 0.1) is 17.7 Å². The molecule has 0 atom stereocenters. The summed E-state index contributed by atoms with van der Waals surface area (Å²) < 4.78 is 1.97. The fraction of sp³-hybridized carbons (Fsp3) is 0.0455. The van der Waals surface area contributed by atoms with Crippen molar-refractivity contribution in [2.24, 2.45) is 0 Å². The molecule has 0 saturated heterocycles. The molecule has 3 aromatic rings. The monoisotopic (exact) mass is 511 g/mol. The van der Waals surface area contributed by atoms with E-state index in [0.717, 1.165) is 37.1 Å². The standard InChI is InChI=1S/C14H9BrN2O.C8H6BrNO/c15-9-4-5-13-11(7-9)12(14(18)17-13)8-10-3-1-2-6-16-10;9-6-1-2-7-5(3-6)4-8(11)10-7/h1-8H,(H,17,18);1-3H,4H2,(H,10,11)/b12-8-;. The van der Waals surface area contributed by atoms with Gasteiger partial charge in [-0.15, -0.1) is 0 Å². The maximum absolute atomic E-state index is 11.9. The molecule has 2 aliphatic rings. The zero-order valence-corrected chi connectivity index (χ0v) is 18.2. The van der Waals surface area contributed by atoms with Crippen molar-refractivity contribution >= 4 is 66.7 Å². The van der Waals surface area contributed by atoms with E-state index in [1.807, 2.05) is 54.6 Å². The van der Waals surface area contributed by atoms with Crippen LogP contribution in [0.25, 0.3) is 11.6 Å². The van der Waals surface area contributed by atoms with Gasteiger partial charge in [-0.3, -0.25) is 14.6 Å². The van der Waals surface area contributed by atoms with Gasteiger partial charge in [0.1, 0.15) is 0 Å². The molecule has 0 radical (unpaired) electrons. The van der Waals surface area contributed by atoms with Crippen LogP contribution in [0, 0.1) is 0 Å². The second-order valence-electron chi connectivity index (χ2n) is 6.48. The molecule has 5 nitrogen and oxygen atoms in total. The lowest BCUT2D eigenvalue weighted by Gasteiger charge is -1.99. The van der Waals surface area contributed by atoms with E-state index >= 15 is 0 Å². The first-order valence-corrected chi connectivity index (χ1v) is 10.4. The number of nitrogens with one attached hydrogen (secondary N) is 2. The predicted molar refractivity (Wildman–Crippen MR) is 121 cm³/mol. The molecule has 0 fully saturated rings. The summed E-state index contributed by atoms with van der Waals surface area (Å²) in [6.45, 7) is 0. The maximum atomic E-state index is 11.9. The first-order valence-electron chi connectivity index (χ1n) is 8.82. The third kappa shape index (κ3) is 4.46. The largest absolute Gasteiger partial charge is 0.326 e. The summed E-state index contributed by atoms with van der Waals surface area (Å²) in [6.07, 6.45) is 4.02. The van der Waals surface area contributed by atoms with E-state index in [2.05, 4.69) is 47.5 Å². The third-order valence-corrected chi connectivity index (χ3v) is 5.42. The molecule has 2 amide bonds. The molecule has 3 heterocycles. The van der Waals surface area contributed by atoms with Gasteiger partial charge in [-0.25, -0.2) is 0 Å². The van der Waals surface area contributed by atoms with Crippen LogP contribution in [-0.4, -0.2) is 16.8 Å². The Labute approximate surface area is 184 Å². The number of aromatic nitrogens is 1. The number of hydrogen-bond donors (Lipinski definition) is 2. The van der Waals surface area contributed by atoms with E-state index in [-0.39, 0.29) is 11.8 Å². The third-order valence-electron chi connectivity index (χ3n) is 4.44. The van der Waals surface area contributed by atoms with E-state index in [9.17, 15) is 9.59 Å². The van der Waals surface area contributed by atoms with Gasteiger partial charge >= 0.3 is 0 Å². The fourth-order valence-electron chi connectivity index (χ4n) is 3.11. The molecule has 144 valence electrons. The van der Waals surface area contributed by atoms with Gasteiger partial charge < -0.3 is 10.6 Å². The quantitative estimate of drug-likeness (QED) is 0.436. The number of hydrogen-bond acceptors (Lipinski definition) is 3. The minimum absolute atomic E-state index is 0.0816. The number of anilines is 2. The number of amides is 2. The molecule has 5 rings (SSSR count). The lowest BCUT2D eigenvalue weighted by atomic mass is 10.1. The summed E-state index contributed by atoms with van der Waals surface area (Å²) in [5, 5.41) is 5.60. The maximum Gasteiger partial charge on any atom is 0.256 e. The molecule has 0 aliphatic carbocycles. The Bertz CT molecular complexity index is 1140. The number of benzene rings is 2. The minimum atomic E-state index is -0.0891. The lowest BCUT2D eigenvalue weighted by Crippen LogP contribution is -2.03. The van der Waals surface area contributed by atoms with Crippen LogP contribution in [0.1, 0.15) is 16.8 Å². The van der Waals surface area contributed by atoms with E-state index in [1.165, 1.54) is 0 Å². The van der Waals surface area contributed by atoms with Crippen LogP contribution >= 0.6 is 31.9 Å². The van der Waals surface area contributed by atoms with Crippen molar-refractivity contribution in [2.45, 2.75) is 6.42 Å². The van der Waals surface area contributed by atoms with E-state index in [4.69, 9.17) is 0 Å². The van der Waals surface area contributed by atoms with E-state index in [1.54, 1.807) is 12.3 Å². The van der Waals surface area contributed by atoms with Gasteiger partial charge in [0.25, 0.3) is 5.91 Å². The summed E-state index contributed by atoms with van der Waals surface area (Å²) in [4.78, 5) is 27.0. The average Bonchev–Trinajstić information content (AvgIpc) is 3.21. The number of rotatable bonds is 1. The fourth-order valence-corrected chi connectivity index (χ4v) is 3.88. The number of fused-ring (bicyclic) bond motifs is 2. The highest BCUT2D eigenvalue weighted by Crippen LogP contribution is 2.34. The highest BCUT2D eigenvalue weighted by atomic mass is 79.9. The summed E-state index contributed by atoms with van der Waals surface area (Å²) in [5.74, 6) is -0.00754. The molecule has 1 aromatic heterocycles. The molecular formula is C22H15Br2N3O2. The Hall–Kier alpha value is -2.77. The topological polar surface area (TPSA) is 71.1 Å². The van der Waals surface area contributed by atoms with Crippen molar-refractivity contribution in [2.75, 3.05) is 10.6 Å². The van der Waals surface area contributed by atoms with Gasteiger partial charge in [0, 0.05) is 32.1 Å². The van der Waals surface area contributed by atoms with Gasteiger partial charge in [-0.05, 0) is 60.2 Å². The number of carbonyl (C=O) groups is 2. The summed E-state index contributed by atoms with van der Waals surface area (Å²) >= 11 is 6.76. The molecule has 0 unspecified atom stereocenters. The van der Waals surface area contributed by atoms with Crippen LogP contribution in [-0.2, 0) is 16.0 Å². The Morgan fingerprint density at radius 2 is 1.66 bits per heavy atom. The van der Waals surface area contributed by atoms with Crippen LogP contribution in [0.3, 0.4) is 0 Å². The smallest absolute Gasteiger partial charge is 0.256 e. The van der Waals surface area contributed by atoms with Gasteiger partial charge in [-0.2, -0.15) is 0 Å². The highest BCUT2D eigenvalue weighted by molar-refractivity contribution is 9.10. The Morgan fingerprint density at radius 1 is 0.897 bits per heavy atom. The Balaban J connectivity index is 0.000000159. The van der Waals surface area contributed by atoms with Crippen LogP contribution < -0.4 is 10.6 Å². The molecule has 0 bridgehead atoms. The number of nitrogens with zero attached hydrogens (tertiary/aromatic N) is 1. The van der Waals surface area contributed by atoms with Crippen molar-refractivity contribution < 1.29 is 9.59 Å². The molecule has 7 heteroatoms. The van der Waals surface area contributed by atoms with Crippen LogP contribution in [0.5, 0.6) is 0 Å². The molecule has 2 aliphatic heterocycles. The highest BCUT2D eigenvalue weighted by Gasteiger charge is 2.24. The summed E-state index contributed by atoms with van der Waals surface area (Å²) in [7, 11) is 0. The van der Waals surface area contributed by atoms with Crippen molar-refractivity contribution in [3.63, 3.8) is 0 Å². The molecule has 29 heavy (non-hydrogen) atoms. The lowest BCUT2D eigenvalue weighted by molar-refractivity contribution is -0.115. The van der Waals surface area contributed by atoms with Crippen molar-refractivity contribution in [1.29, 1.82) is 0 Å². The Kier molecular flexibility index (Phi) is 5.60. The van der Waals surface area contributed by atoms with Crippen molar-refractivity contribution in [3.8, 4) is 0 Å². The second kappa shape index (κ2) is 8.31. The normalized spacial score (nSPS) is 15.2. The van der Waals surface area contributed by atoms with Crippen molar-refractivity contribution in [3.05, 3.63) is 86.6 Å². The summed E-state index contributed by atoms with van der Waals surface area (Å²) in [5.41, 5.74) is 5.17. The molecule has 2 aromatic carbocycles. The number of halogens is 2. The Morgan fingerprint density at radius 3 is 2.41 bits per heavy atom. The second-order valence-corrected chi connectivity index (χ2v) is 8.31. The van der Waals surface area contributed by atoms with E-state index < -0.39 is 0 Å². The van der Waals surface area contributed by atoms with Crippen LogP contribution in [0.15, 0.2) is 69.7 Å². The van der Waals surface area contributed by atoms with E-state index in [0.29, 0.717) is 12.0 Å². The zero-order valence-electron chi connectivity index (χ0n) is 15.1. The van der Waals surface area contributed by atoms with Crippen LogP contribution in [0.4, 0.5) is 11.4 Å². The van der Waals surface area contributed by atoms with Gasteiger partial charge in [-0.1, -0.05) is 37.9 Å². The average molecular weight is 513 g/mol. The number of pyridine rings is 1. The zero-order chi connectivity index (χ0) is 20.4. The minimum Gasteiger partial charge on any atom is -0.326 e. The molecule has 0 spiro atoms. The molecular weight excluding hydrogens is 498 g/mol. The number of carbonyl (C=O) groups excluding carboxylic acids is 2.